The number of rotatable bonds is 8. The van der Waals surface area contributed by atoms with Gasteiger partial charge in [0.1, 0.15) is 11.6 Å². The van der Waals surface area contributed by atoms with Crippen molar-refractivity contribution in [3.8, 4) is 11.8 Å². The lowest BCUT2D eigenvalue weighted by Gasteiger charge is -2.32. The van der Waals surface area contributed by atoms with Crippen molar-refractivity contribution in [1.29, 1.82) is 0 Å². The average molecular weight is 435 g/mol. The number of hydrazone groups is 1. The number of carbonyl (C=O) groups excluding carboxylic acids is 2. The number of allylic oxidation sites excluding steroid dienone is 1. The highest BCUT2D eigenvalue weighted by Gasteiger charge is 2.44. The first-order chi connectivity index (χ1) is 14.5. The molecule has 0 aliphatic carbocycles. The molecule has 0 fully saturated rings. The number of nitrogens with one attached hydrogen (secondary N) is 3. The zero-order valence-corrected chi connectivity index (χ0v) is 17.8. The molecule has 0 aliphatic heterocycles. The molecule has 168 valence electrons. The lowest BCUT2D eigenvalue weighted by Crippen LogP contribution is -2.66. The molecule has 1 aromatic rings. The topological polar surface area (TPSA) is 129 Å². The summed E-state index contributed by atoms with van der Waals surface area (Å²) in [6.45, 7) is 6.60. The molecule has 2 unspecified atom stereocenters. The van der Waals surface area contributed by atoms with Crippen molar-refractivity contribution in [2.24, 2.45) is 10.8 Å². The molecule has 2 amide bonds. The van der Waals surface area contributed by atoms with Crippen LogP contribution in [0.1, 0.15) is 50.0 Å². The number of hydrogen-bond donors (Lipinski definition) is 5. The van der Waals surface area contributed by atoms with Crippen LogP contribution in [0.3, 0.4) is 0 Å². The van der Waals surface area contributed by atoms with E-state index in [1.807, 2.05) is 13.8 Å². The first kappa shape index (κ1) is 25.7. The second kappa shape index (κ2) is 11.8. The Bertz CT molecular complexity index is 900. The number of halogens is 2. The average Bonchev–Trinajstić information content (AvgIpc) is 2.75. The van der Waals surface area contributed by atoms with Gasteiger partial charge in [-0.25, -0.2) is 14.3 Å². The molecular weight excluding hydrogens is 408 g/mol. The molecule has 10 heteroatoms. The maximum Gasteiger partial charge on any atom is 0.268 e. The van der Waals surface area contributed by atoms with Crippen molar-refractivity contribution in [1.82, 2.24) is 16.2 Å². The molecule has 2 atom stereocenters. The van der Waals surface area contributed by atoms with Crippen molar-refractivity contribution in [3.63, 3.8) is 0 Å². The fourth-order valence-electron chi connectivity index (χ4n) is 2.14. The number of nitrogens with zero attached hydrogens (tertiary/aromatic N) is 1. The van der Waals surface area contributed by atoms with Gasteiger partial charge >= 0.3 is 0 Å². The van der Waals surface area contributed by atoms with Gasteiger partial charge in [-0.3, -0.25) is 20.2 Å². The smallest absolute Gasteiger partial charge is 0.268 e. The quantitative estimate of drug-likeness (QED) is 0.184. The lowest BCUT2D eigenvalue weighted by molar-refractivity contribution is -0.134. The van der Waals surface area contributed by atoms with Crippen molar-refractivity contribution in [3.05, 3.63) is 47.2 Å². The molecule has 0 saturated heterocycles. The predicted octanol–water partition coefficient (Wildman–Crippen LogP) is 1.90. The Labute approximate surface area is 179 Å². The third-order valence-electron chi connectivity index (χ3n) is 4.34. The largest absolute Gasteiger partial charge is 0.338 e. The summed E-state index contributed by atoms with van der Waals surface area (Å²) in [5.41, 5.74) is 9.53. The van der Waals surface area contributed by atoms with Gasteiger partial charge < -0.3 is 11.1 Å². The molecule has 0 spiro atoms. The van der Waals surface area contributed by atoms with Crippen LogP contribution in [0, 0.1) is 11.8 Å². The SMILES string of the molecule is CC/C(C)=N/N/C=C(\C)C#Cc1ccc(C(=O)NC(C(=O)NO)C(C)(N)C(F)F)cc1. The normalized spacial score (nSPS) is 14.7. The van der Waals surface area contributed by atoms with Crippen LogP contribution in [0.4, 0.5) is 8.78 Å². The Morgan fingerprint density at radius 1 is 1.29 bits per heavy atom. The maximum atomic E-state index is 13.2. The van der Waals surface area contributed by atoms with E-state index in [-0.39, 0.29) is 5.56 Å². The van der Waals surface area contributed by atoms with E-state index in [9.17, 15) is 18.4 Å². The summed E-state index contributed by atoms with van der Waals surface area (Å²) >= 11 is 0. The molecule has 0 bridgehead atoms. The Morgan fingerprint density at radius 2 is 1.90 bits per heavy atom. The molecule has 31 heavy (non-hydrogen) atoms. The summed E-state index contributed by atoms with van der Waals surface area (Å²) in [5.74, 6) is 3.78. The molecule has 0 aliphatic rings. The highest BCUT2D eigenvalue weighted by molar-refractivity contribution is 5.98. The third kappa shape index (κ3) is 7.81. The molecule has 0 radical (unpaired) electrons. The van der Waals surface area contributed by atoms with E-state index in [1.54, 1.807) is 25.3 Å². The third-order valence-corrected chi connectivity index (χ3v) is 4.34. The van der Waals surface area contributed by atoms with Gasteiger partial charge in [0.05, 0.1) is 0 Å². The van der Waals surface area contributed by atoms with Crippen LogP contribution in [0.25, 0.3) is 0 Å². The Balaban J connectivity index is 2.90. The maximum absolute atomic E-state index is 13.2. The van der Waals surface area contributed by atoms with Crippen LogP contribution in [-0.4, -0.2) is 40.7 Å². The fourth-order valence-corrected chi connectivity index (χ4v) is 2.14. The Kier molecular flexibility index (Phi) is 9.79. The summed E-state index contributed by atoms with van der Waals surface area (Å²) in [6, 6.07) is 4.13. The molecule has 1 rings (SSSR count). The minimum Gasteiger partial charge on any atom is -0.338 e. The standard InChI is InChI=1S/C21H27F2N5O3/c1-5-14(3)27-25-12-13(2)6-7-15-8-10-16(11-9-15)18(29)26-17(19(30)28-31)21(4,24)20(22)23/h8-12,17,20,25,31H,5,24H2,1-4H3,(H,26,29)(H,28,30)/b13-12+,27-14+. The van der Waals surface area contributed by atoms with Crippen LogP contribution in [0.15, 0.2) is 41.1 Å². The highest BCUT2D eigenvalue weighted by Crippen LogP contribution is 2.18. The Hall–Kier alpha value is -3.29. The van der Waals surface area contributed by atoms with Crippen molar-refractivity contribution < 1.29 is 23.6 Å². The number of amides is 2. The summed E-state index contributed by atoms with van der Waals surface area (Å²) in [7, 11) is 0. The minimum absolute atomic E-state index is 0.102. The van der Waals surface area contributed by atoms with Crippen molar-refractivity contribution >= 4 is 17.5 Å². The van der Waals surface area contributed by atoms with Crippen LogP contribution in [0.5, 0.6) is 0 Å². The number of nitrogens with two attached hydrogens (primary N) is 1. The first-order valence-corrected chi connectivity index (χ1v) is 9.42. The molecule has 0 saturated carbocycles. The molecule has 0 heterocycles. The second-order valence-electron chi connectivity index (χ2n) is 7.03. The molecule has 8 nitrogen and oxygen atoms in total. The number of alkyl halides is 2. The van der Waals surface area contributed by atoms with Crippen molar-refractivity contribution in [2.45, 2.75) is 52.1 Å². The highest BCUT2D eigenvalue weighted by atomic mass is 19.3. The number of hydrogen-bond acceptors (Lipinski definition) is 6. The second-order valence-corrected chi connectivity index (χ2v) is 7.03. The minimum atomic E-state index is -3.13. The summed E-state index contributed by atoms with van der Waals surface area (Å²) in [6.07, 6.45) is -0.633. The Morgan fingerprint density at radius 3 is 2.42 bits per heavy atom. The zero-order chi connectivity index (χ0) is 23.6. The van der Waals surface area contributed by atoms with Gasteiger partial charge in [-0.05, 0) is 51.5 Å². The van der Waals surface area contributed by atoms with E-state index in [0.717, 1.165) is 24.6 Å². The van der Waals surface area contributed by atoms with E-state index >= 15 is 0 Å². The lowest BCUT2D eigenvalue weighted by atomic mass is 9.92. The number of hydroxylamine groups is 1. The summed E-state index contributed by atoms with van der Waals surface area (Å²) in [5, 5.41) is 15.0. The van der Waals surface area contributed by atoms with Gasteiger partial charge in [0.25, 0.3) is 18.2 Å². The van der Waals surface area contributed by atoms with Crippen LogP contribution in [0.2, 0.25) is 0 Å². The summed E-state index contributed by atoms with van der Waals surface area (Å²) in [4.78, 5) is 24.1. The molecule has 6 N–H and O–H groups in total. The van der Waals surface area contributed by atoms with Crippen LogP contribution >= 0.6 is 0 Å². The predicted molar refractivity (Wildman–Crippen MR) is 113 cm³/mol. The van der Waals surface area contributed by atoms with Crippen LogP contribution in [-0.2, 0) is 4.79 Å². The zero-order valence-electron chi connectivity index (χ0n) is 17.8. The van der Waals surface area contributed by atoms with Gasteiger partial charge in [0, 0.05) is 28.6 Å². The number of benzene rings is 1. The van der Waals surface area contributed by atoms with E-state index in [2.05, 4.69) is 27.7 Å². The van der Waals surface area contributed by atoms with Gasteiger partial charge in [-0.1, -0.05) is 18.8 Å². The monoisotopic (exact) mass is 435 g/mol. The first-order valence-electron chi connectivity index (χ1n) is 9.42. The summed E-state index contributed by atoms with van der Waals surface area (Å²) < 4.78 is 26.4. The van der Waals surface area contributed by atoms with Gasteiger partial charge in [-0.2, -0.15) is 5.10 Å². The fraction of sp³-hybridized carbons (Fsp3) is 0.381. The molecule has 0 aromatic heterocycles. The van der Waals surface area contributed by atoms with Gasteiger partial charge in [-0.15, -0.1) is 0 Å². The van der Waals surface area contributed by atoms with Gasteiger partial charge in [0.2, 0.25) is 0 Å². The number of carbonyl (C=O) groups is 2. The van der Waals surface area contributed by atoms with E-state index in [1.165, 1.54) is 17.6 Å². The van der Waals surface area contributed by atoms with Crippen LogP contribution < -0.4 is 22.0 Å². The van der Waals surface area contributed by atoms with Gasteiger partial charge in [0.15, 0.2) is 0 Å². The molecule has 1 aromatic carbocycles. The van der Waals surface area contributed by atoms with E-state index in [0.29, 0.717) is 5.56 Å². The van der Waals surface area contributed by atoms with E-state index < -0.39 is 29.8 Å². The van der Waals surface area contributed by atoms with E-state index in [4.69, 9.17) is 10.9 Å². The molecular formula is C21H27F2N5O3. The van der Waals surface area contributed by atoms with Crippen molar-refractivity contribution in [2.75, 3.05) is 0 Å².